The number of urea groups is 1. The van der Waals surface area contributed by atoms with Crippen LogP contribution >= 0.6 is 0 Å². The number of carbonyl (C=O) groups is 2. The minimum atomic E-state index is -0.118. The summed E-state index contributed by atoms with van der Waals surface area (Å²) in [6, 6.07) is 19.5. The lowest BCUT2D eigenvalue weighted by Gasteiger charge is -2.38. The third-order valence-electron chi connectivity index (χ3n) is 6.87. The van der Waals surface area contributed by atoms with Gasteiger partial charge in [-0.25, -0.2) is 4.79 Å². The van der Waals surface area contributed by atoms with Crippen LogP contribution in [0.25, 0.3) is 0 Å². The molecule has 0 bridgehead atoms. The summed E-state index contributed by atoms with van der Waals surface area (Å²) in [5.41, 5.74) is 1.66. The molecule has 2 N–H and O–H groups in total. The van der Waals surface area contributed by atoms with Gasteiger partial charge in [0.2, 0.25) is 5.91 Å². The Kier molecular flexibility index (Phi) is 5.64. The fraction of sp³-hybridized carbons (Fsp3) is 0.440. The Hall–Kier alpha value is -2.86. The van der Waals surface area contributed by atoms with E-state index in [1.165, 1.54) is 12.8 Å². The van der Waals surface area contributed by atoms with Crippen molar-refractivity contribution in [3.63, 3.8) is 0 Å². The second kappa shape index (κ2) is 8.71. The van der Waals surface area contributed by atoms with E-state index < -0.39 is 0 Å². The average Bonchev–Trinajstić information content (AvgIpc) is 3.54. The second-order valence-electron chi connectivity index (χ2n) is 9.11. The highest BCUT2D eigenvalue weighted by atomic mass is 16.2. The number of benzene rings is 2. The van der Waals surface area contributed by atoms with Crippen LogP contribution in [0.3, 0.4) is 0 Å². The molecule has 3 fully saturated rings. The third-order valence-corrected chi connectivity index (χ3v) is 6.87. The molecule has 3 aliphatic rings. The Morgan fingerprint density at radius 2 is 1.52 bits per heavy atom. The van der Waals surface area contributed by atoms with Gasteiger partial charge < -0.3 is 15.5 Å². The largest absolute Gasteiger partial charge is 0.325 e. The number of anilines is 2. The minimum absolute atomic E-state index is 0.0458. The number of piperidine rings is 1. The summed E-state index contributed by atoms with van der Waals surface area (Å²) in [6.45, 7) is 2.44. The van der Waals surface area contributed by atoms with Gasteiger partial charge in [0.1, 0.15) is 0 Å². The summed E-state index contributed by atoms with van der Waals surface area (Å²) in [5, 5.41) is 6.12. The Balaban J connectivity index is 1.26. The first kappa shape index (κ1) is 20.1. The number of amides is 3. The topological polar surface area (TPSA) is 64.7 Å². The van der Waals surface area contributed by atoms with E-state index in [0.717, 1.165) is 43.2 Å². The lowest BCUT2D eigenvalue weighted by Crippen LogP contribution is -2.51. The Bertz CT molecular complexity index is 916. The summed E-state index contributed by atoms with van der Waals surface area (Å²) < 4.78 is 0. The molecule has 0 radical (unpaired) electrons. The van der Waals surface area contributed by atoms with Crippen LogP contribution in [0.2, 0.25) is 0 Å². The van der Waals surface area contributed by atoms with Gasteiger partial charge in [0.15, 0.2) is 0 Å². The first-order valence-electron chi connectivity index (χ1n) is 11.4. The van der Waals surface area contributed by atoms with Crippen LogP contribution in [0.15, 0.2) is 60.7 Å². The second-order valence-corrected chi connectivity index (χ2v) is 9.11. The summed E-state index contributed by atoms with van der Waals surface area (Å²) >= 11 is 0. The fourth-order valence-electron chi connectivity index (χ4n) is 5.12. The highest BCUT2D eigenvalue weighted by Gasteiger charge is 2.48. The van der Waals surface area contributed by atoms with Gasteiger partial charge >= 0.3 is 6.03 Å². The SMILES string of the molecule is O=C(Nc1ccccc1)[C@@H]1C[C@H]2CN(C(=O)Nc3ccccc3)CC[C@H]2N1CC1CC1. The Morgan fingerprint density at radius 3 is 2.16 bits per heavy atom. The molecule has 0 spiro atoms. The number of nitrogens with one attached hydrogen (secondary N) is 2. The minimum Gasteiger partial charge on any atom is -0.325 e. The molecule has 1 aliphatic carbocycles. The number of fused-ring (bicyclic) bond motifs is 1. The summed E-state index contributed by atoms with van der Waals surface area (Å²) in [5.74, 6) is 1.15. The molecule has 3 atom stereocenters. The van der Waals surface area contributed by atoms with E-state index in [1.807, 2.05) is 65.6 Å². The van der Waals surface area contributed by atoms with Crippen LogP contribution in [0, 0.1) is 11.8 Å². The molecule has 31 heavy (non-hydrogen) atoms. The van der Waals surface area contributed by atoms with Crippen molar-refractivity contribution in [3.8, 4) is 0 Å². The first-order valence-corrected chi connectivity index (χ1v) is 11.4. The van der Waals surface area contributed by atoms with Gasteiger partial charge in [-0.15, -0.1) is 0 Å². The van der Waals surface area contributed by atoms with Crippen molar-refractivity contribution >= 4 is 23.3 Å². The van der Waals surface area contributed by atoms with E-state index in [9.17, 15) is 9.59 Å². The Morgan fingerprint density at radius 1 is 0.871 bits per heavy atom. The first-order chi connectivity index (χ1) is 15.2. The molecule has 2 aromatic rings. The van der Waals surface area contributed by atoms with Crippen LogP contribution in [-0.2, 0) is 4.79 Å². The average molecular weight is 419 g/mol. The van der Waals surface area contributed by atoms with E-state index in [4.69, 9.17) is 0 Å². The van der Waals surface area contributed by atoms with Crippen molar-refractivity contribution in [2.45, 2.75) is 37.8 Å². The third kappa shape index (κ3) is 4.59. The van der Waals surface area contributed by atoms with Crippen LogP contribution in [0.4, 0.5) is 16.2 Å². The number of nitrogens with zero attached hydrogens (tertiary/aromatic N) is 2. The van der Waals surface area contributed by atoms with Crippen LogP contribution in [0.5, 0.6) is 0 Å². The van der Waals surface area contributed by atoms with Gasteiger partial charge in [-0.3, -0.25) is 9.69 Å². The lowest BCUT2D eigenvalue weighted by atomic mass is 9.92. The monoisotopic (exact) mass is 418 g/mol. The van der Waals surface area contributed by atoms with E-state index in [1.54, 1.807) is 0 Å². The van der Waals surface area contributed by atoms with Gasteiger partial charge in [-0.1, -0.05) is 36.4 Å². The molecule has 6 nitrogen and oxygen atoms in total. The Labute approximate surface area is 183 Å². The molecule has 3 amide bonds. The normalized spacial score (nSPS) is 25.7. The summed E-state index contributed by atoms with van der Waals surface area (Å²) in [6.07, 6.45) is 4.28. The standard InChI is InChI=1S/C25H30N4O2/c30-24(26-20-7-3-1-4-8-20)23-15-19-17-28(25(31)27-21-9-5-2-6-10-21)14-13-22(19)29(23)16-18-11-12-18/h1-10,18-19,22-23H,11-17H2,(H,26,30)(H,27,31)/t19-,22+,23-/m0/s1. The number of hydrogen-bond donors (Lipinski definition) is 2. The summed E-state index contributed by atoms with van der Waals surface area (Å²) in [4.78, 5) is 30.4. The number of hydrogen-bond acceptors (Lipinski definition) is 3. The maximum absolute atomic E-state index is 13.2. The molecule has 2 aliphatic heterocycles. The predicted molar refractivity (Wildman–Crippen MR) is 122 cm³/mol. The molecule has 6 heteroatoms. The molecular formula is C25H30N4O2. The number of likely N-dealkylation sites (tertiary alicyclic amines) is 2. The van der Waals surface area contributed by atoms with Crippen molar-refractivity contribution in [1.82, 2.24) is 9.80 Å². The van der Waals surface area contributed by atoms with Gasteiger partial charge in [-0.05, 0) is 61.8 Å². The maximum Gasteiger partial charge on any atom is 0.321 e. The molecule has 162 valence electrons. The zero-order valence-corrected chi connectivity index (χ0v) is 17.7. The zero-order valence-electron chi connectivity index (χ0n) is 17.7. The van der Waals surface area contributed by atoms with Crippen molar-refractivity contribution < 1.29 is 9.59 Å². The van der Waals surface area contributed by atoms with Crippen LogP contribution in [-0.4, -0.2) is 53.5 Å². The molecule has 2 saturated heterocycles. The van der Waals surface area contributed by atoms with Crippen LogP contribution in [0.1, 0.15) is 25.7 Å². The molecule has 1 saturated carbocycles. The molecule has 0 aromatic heterocycles. The fourth-order valence-corrected chi connectivity index (χ4v) is 5.12. The van der Waals surface area contributed by atoms with E-state index in [2.05, 4.69) is 15.5 Å². The number of para-hydroxylation sites is 2. The zero-order chi connectivity index (χ0) is 21.2. The van der Waals surface area contributed by atoms with E-state index in [-0.39, 0.29) is 18.0 Å². The number of rotatable bonds is 5. The summed E-state index contributed by atoms with van der Waals surface area (Å²) in [7, 11) is 0. The molecule has 5 rings (SSSR count). The maximum atomic E-state index is 13.2. The van der Waals surface area contributed by atoms with Gasteiger partial charge in [0.05, 0.1) is 6.04 Å². The van der Waals surface area contributed by atoms with Crippen LogP contribution < -0.4 is 10.6 Å². The molecule has 2 aromatic carbocycles. The smallest absolute Gasteiger partial charge is 0.321 e. The predicted octanol–water partition coefficient (Wildman–Crippen LogP) is 4.03. The quantitative estimate of drug-likeness (QED) is 0.771. The molecule has 2 heterocycles. The van der Waals surface area contributed by atoms with Crippen molar-refractivity contribution in [1.29, 1.82) is 0 Å². The van der Waals surface area contributed by atoms with Crippen molar-refractivity contribution in [2.75, 3.05) is 30.3 Å². The molecular weight excluding hydrogens is 388 g/mol. The lowest BCUT2D eigenvalue weighted by molar-refractivity contribution is -0.120. The van der Waals surface area contributed by atoms with E-state index in [0.29, 0.717) is 18.5 Å². The van der Waals surface area contributed by atoms with Gasteiger partial charge in [0, 0.05) is 37.1 Å². The van der Waals surface area contributed by atoms with Crippen molar-refractivity contribution in [2.24, 2.45) is 11.8 Å². The van der Waals surface area contributed by atoms with Crippen molar-refractivity contribution in [3.05, 3.63) is 60.7 Å². The number of carbonyl (C=O) groups excluding carboxylic acids is 2. The highest BCUT2D eigenvalue weighted by Crippen LogP contribution is 2.40. The van der Waals surface area contributed by atoms with Gasteiger partial charge in [-0.2, -0.15) is 0 Å². The van der Waals surface area contributed by atoms with Gasteiger partial charge in [0.25, 0.3) is 0 Å². The van der Waals surface area contributed by atoms with E-state index >= 15 is 0 Å². The molecule has 0 unspecified atom stereocenters. The highest BCUT2D eigenvalue weighted by molar-refractivity contribution is 5.95.